The molecule has 3 aromatic rings. The summed E-state index contributed by atoms with van der Waals surface area (Å²) in [6.45, 7) is 0.900. The fourth-order valence-corrected chi connectivity index (χ4v) is 2.56. The van der Waals surface area contributed by atoms with Gasteiger partial charge in [-0.2, -0.15) is 0 Å². The maximum atomic E-state index is 13.8. The molecule has 0 saturated heterocycles. The van der Waals surface area contributed by atoms with Gasteiger partial charge in [0.2, 0.25) is 5.56 Å². The molecule has 0 saturated carbocycles. The summed E-state index contributed by atoms with van der Waals surface area (Å²) in [6, 6.07) is 7.53. The highest BCUT2D eigenvalue weighted by molar-refractivity contribution is 6.31. The van der Waals surface area contributed by atoms with E-state index in [1.807, 2.05) is 0 Å². The number of benzene rings is 1. The number of aromatic nitrogens is 2. The maximum Gasteiger partial charge on any atom is 0.248 e. The molecular weight excluding hydrogens is 347 g/mol. The number of H-pyrrole nitrogens is 1. The molecule has 1 aromatic carbocycles. The van der Waals surface area contributed by atoms with Gasteiger partial charge in [0.25, 0.3) is 0 Å². The summed E-state index contributed by atoms with van der Waals surface area (Å²) in [5.74, 6) is -0.536. The Balaban J connectivity index is 2.01. The zero-order valence-corrected chi connectivity index (χ0v) is 13.9. The monoisotopic (exact) mass is 362 g/mol. The van der Waals surface area contributed by atoms with Crippen molar-refractivity contribution in [2.45, 2.75) is 6.61 Å². The summed E-state index contributed by atoms with van der Waals surface area (Å²) in [5.41, 5.74) is 8.10. The molecule has 0 bridgehead atoms. The van der Waals surface area contributed by atoms with E-state index >= 15 is 0 Å². The molecule has 2 aromatic heterocycles. The Morgan fingerprint density at radius 3 is 2.92 bits per heavy atom. The number of aromatic amines is 1. The summed E-state index contributed by atoms with van der Waals surface area (Å²) >= 11 is 5.91. The number of hydrogen-bond donors (Lipinski definition) is 3. The number of halogens is 2. The Morgan fingerprint density at radius 2 is 2.12 bits per heavy atom. The second kappa shape index (κ2) is 7.60. The standard InChI is InChI=1S/C17H16ClFN4O2/c18-11-8-15(10(7-12(11)19)9-25-6-4-20)22-14-3-5-21-13-1-2-16(24)23-17(13)14/h1-3,5,7-8H,4,6,9,20H2,(H,21,22)(H,23,24). The van der Waals surface area contributed by atoms with Crippen LogP contribution in [0.1, 0.15) is 5.56 Å². The van der Waals surface area contributed by atoms with E-state index in [1.54, 1.807) is 18.3 Å². The molecule has 0 spiro atoms. The molecule has 0 aliphatic rings. The maximum absolute atomic E-state index is 13.8. The van der Waals surface area contributed by atoms with Crippen molar-refractivity contribution in [3.05, 3.63) is 63.3 Å². The zero-order valence-electron chi connectivity index (χ0n) is 13.2. The number of nitrogens with one attached hydrogen (secondary N) is 2. The SMILES string of the molecule is NCCOCc1cc(F)c(Cl)cc1Nc1ccnc2ccc(=O)[nH]c12. The Kier molecular flexibility index (Phi) is 5.28. The molecule has 0 aliphatic carbocycles. The van der Waals surface area contributed by atoms with Gasteiger partial charge in [0.05, 0.1) is 35.0 Å². The van der Waals surface area contributed by atoms with Gasteiger partial charge >= 0.3 is 0 Å². The molecule has 0 aliphatic heterocycles. The number of rotatable bonds is 6. The van der Waals surface area contributed by atoms with E-state index in [2.05, 4.69) is 15.3 Å². The Labute approximate surface area is 147 Å². The van der Waals surface area contributed by atoms with Gasteiger partial charge in [0.1, 0.15) is 5.82 Å². The van der Waals surface area contributed by atoms with Gasteiger partial charge in [-0.25, -0.2) is 4.39 Å². The fraction of sp³-hybridized carbons (Fsp3) is 0.176. The Bertz CT molecular complexity index is 961. The molecule has 3 rings (SSSR count). The molecule has 0 unspecified atom stereocenters. The smallest absolute Gasteiger partial charge is 0.248 e. The summed E-state index contributed by atoms with van der Waals surface area (Å²) in [6.07, 6.45) is 1.61. The van der Waals surface area contributed by atoms with Gasteiger partial charge in [-0.3, -0.25) is 9.78 Å². The van der Waals surface area contributed by atoms with E-state index in [0.29, 0.717) is 41.1 Å². The van der Waals surface area contributed by atoms with Crippen LogP contribution in [0.2, 0.25) is 5.02 Å². The van der Waals surface area contributed by atoms with Crippen molar-refractivity contribution in [2.75, 3.05) is 18.5 Å². The molecule has 130 valence electrons. The lowest BCUT2D eigenvalue weighted by molar-refractivity contribution is 0.128. The third-order valence-electron chi connectivity index (χ3n) is 3.56. The lowest BCUT2D eigenvalue weighted by atomic mass is 10.1. The van der Waals surface area contributed by atoms with Crippen molar-refractivity contribution in [1.82, 2.24) is 9.97 Å². The summed E-state index contributed by atoms with van der Waals surface area (Å²) < 4.78 is 19.2. The second-order valence-corrected chi connectivity index (χ2v) is 5.74. The van der Waals surface area contributed by atoms with Gasteiger partial charge in [0, 0.05) is 30.1 Å². The lowest BCUT2D eigenvalue weighted by Crippen LogP contribution is -2.09. The first-order valence-corrected chi connectivity index (χ1v) is 7.97. The minimum absolute atomic E-state index is 0.0167. The molecule has 2 heterocycles. The first-order chi connectivity index (χ1) is 12.1. The van der Waals surface area contributed by atoms with Crippen LogP contribution >= 0.6 is 11.6 Å². The highest BCUT2D eigenvalue weighted by Gasteiger charge is 2.11. The molecular formula is C17H16ClFN4O2. The van der Waals surface area contributed by atoms with Gasteiger partial charge in [-0.05, 0) is 24.3 Å². The summed E-state index contributed by atoms with van der Waals surface area (Å²) in [5, 5.41) is 3.15. The minimum atomic E-state index is -0.536. The minimum Gasteiger partial charge on any atom is -0.375 e. The van der Waals surface area contributed by atoms with Crippen molar-refractivity contribution >= 4 is 34.0 Å². The predicted molar refractivity (Wildman–Crippen MR) is 95.8 cm³/mol. The van der Waals surface area contributed by atoms with Gasteiger partial charge in [-0.1, -0.05) is 11.6 Å². The number of fused-ring (bicyclic) bond motifs is 1. The average molecular weight is 363 g/mol. The second-order valence-electron chi connectivity index (χ2n) is 5.33. The van der Waals surface area contributed by atoms with Crippen LogP contribution in [0.4, 0.5) is 15.8 Å². The van der Waals surface area contributed by atoms with E-state index in [0.717, 1.165) is 0 Å². The average Bonchev–Trinajstić information content (AvgIpc) is 2.59. The predicted octanol–water partition coefficient (Wildman–Crippen LogP) is 2.93. The normalized spacial score (nSPS) is 11.0. The lowest BCUT2D eigenvalue weighted by Gasteiger charge is -2.14. The van der Waals surface area contributed by atoms with Crippen molar-refractivity contribution < 1.29 is 9.13 Å². The molecule has 0 radical (unpaired) electrons. The van der Waals surface area contributed by atoms with Gasteiger partial charge in [0.15, 0.2) is 0 Å². The van der Waals surface area contributed by atoms with Crippen molar-refractivity contribution in [1.29, 1.82) is 0 Å². The van der Waals surface area contributed by atoms with Crippen LogP contribution in [0, 0.1) is 5.82 Å². The fourth-order valence-electron chi connectivity index (χ4n) is 2.39. The van der Waals surface area contributed by atoms with E-state index in [1.165, 1.54) is 18.2 Å². The first kappa shape index (κ1) is 17.3. The van der Waals surface area contributed by atoms with Gasteiger partial charge < -0.3 is 20.8 Å². The quantitative estimate of drug-likeness (QED) is 0.586. The van der Waals surface area contributed by atoms with Crippen LogP contribution < -0.4 is 16.6 Å². The number of hydrogen-bond acceptors (Lipinski definition) is 5. The van der Waals surface area contributed by atoms with Crippen LogP contribution in [0.25, 0.3) is 11.0 Å². The topological polar surface area (TPSA) is 93.0 Å². The van der Waals surface area contributed by atoms with E-state index in [4.69, 9.17) is 22.1 Å². The van der Waals surface area contributed by atoms with Crippen LogP contribution in [-0.4, -0.2) is 23.1 Å². The number of anilines is 2. The number of ether oxygens (including phenoxy) is 1. The summed E-state index contributed by atoms with van der Waals surface area (Å²) in [4.78, 5) is 18.6. The number of pyridine rings is 2. The largest absolute Gasteiger partial charge is 0.375 e. The van der Waals surface area contributed by atoms with Crippen molar-refractivity contribution in [2.24, 2.45) is 5.73 Å². The highest BCUT2D eigenvalue weighted by Crippen LogP contribution is 2.29. The number of nitrogens with zero attached hydrogens (tertiary/aromatic N) is 1. The van der Waals surface area contributed by atoms with E-state index < -0.39 is 5.82 Å². The molecule has 6 nitrogen and oxygen atoms in total. The van der Waals surface area contributed by atoms with Crippen LogP contribution in [0.15, 0.2) is 41.3 Å². The third kappa shape index (κ3) is 3.96. The van der Waals surface area contributed by atoms with Crippen molar-refractivity contribution in [3.63, 3.8) is 0 Å². The Hall–Kier alpha value is -2.48. The molecule has 0 amide bonds. The van der Waals surface area contributed by atoms with E-state index in [9.17, 15) is 9.18 Å². The zero-order chi connectivity index (χ0) is 17.8. The molecule has 4 N–H and O–H groups in total. The Morgan fingerprint density at radius 1 is 1.28 bits per heavy atom. The van der Waals surface area contributed by atoms with E-state index in [-0.39, 0.29) is 17.2 Å². The van der Waals surface area contributed by atoms with Gasteiger partial charge in [-0.15, -0.1) is 0 Å². The molecule has 25 heavy (non-hydrogen) atoms. The third-order valence-corrected chi connectivity index (χ3v) is 3.85. The number of nitrogens with two attached hydrogens (primary N) is 1. The van der Waals surface area contributed by atoms with Crippen molar-refractivity contribution in [3.8, 4) is 0 Å². The molecule has 8 heteroatoms. The van der Waals surface area contributed by atoms with Crippen LogP contribution in [0.5, 0.6) is 0 Å². The van der Waals surface area contributed by atoms with Crippen LogP contribution in [0.3, 0.4) is 0 Å². The summed E-state index contributed by atoms with van der Waals surface area (Å²) in [7, 11) is 0. The molecule has 0 atom stereocenters. The molecule has 0 fully saturated rings. The first-order valence-electron chi connectivity index (χ1n) is 7.59. The van der Waals surface area contributed by atoms with Crippen LogP contribution in [-0.2, 0) is 11.3 Å². The highest BCUT2D eigenvalue weighted by atomic mass is 35.5.